The Kier molecular flexibility index (Phi) is 6.84. The van der Waals surface area contributed by atoms with E-state index in [0.717, 1.165) is 25.4 Å². The van der Waals surface area contributed by atoms with Crippen LogP contribution in [0.25, 0.3) is 0 Å². The number of nitrogens with zero attached hydrogens (tertiary/aromatic N) is 2. The zero-order chi connectivity index (χ0) is 20.3. The van der Waals surface area contributed by atoms with E-state index in [-0.39, 0.29) is 17.7 Å². The molecule has 2 aliphatic heterocycles. The number of likely N-dealkylation sites (tertiary alicyclic amines) is 1. The Morgan fingerprint density at radius 3 is 2.22 bits per heavy atom. The molecule has 2 heterocycles. The van der Waals surface area contributed by atoms with Gasteiger partial charge in [0.2, 0.25) is 0 Å². The van der Waals surface area contributed by atoms with Crippen molar-refractivity contribution in [1.82, 2.24) is 15.1 Å². The van der Waals surface area contributed by atoms with Crippen LogP contribution in [0.3, 0.4) is 0 Å². The van der Waals surface area contributed by atoms with Gasteiger partial charge in [0.1, 0.15) is 5.60 Å². The van der Waals surface area contributed by atoms with Gasteiger partial charge in [0.05, 0.1) is 6.61 Å². The van der Waals surface area contributed by atoms with Gasteiger partial charge in [-0.3, -0.25) is 0 Å². The number of nitrogens with one attached hydrogen (secondary N) is 1. The van der Waals surface area contributed by atoms with Crippen LogP contribution in [-0.4, -0.2) is 80.5 Å². The minimum absolute atomic E-state index is 0.130. The molecular weight excluding hydrogens is 362 g/mol. The van der Waals surface area contributed by atoms with E-state index >= 15 is 0 Å². The summed E-state index contributed by atoms with van der Waals surface area (Å²) in [6.07, 6.45) is 1.16. The largest absolute Gasteiger partial charge is 0.450 e. The predicted molar refractivity (Wildman–Crippen MR) is 109 cm³/mol. The number of piperazine rings is 1. The van der Waals surface area contributed by atoms with Crippen LogP contribution in [-0.2, 0) is 9.47 Å². The molecule has 7 nitrogen and oxygen atoms in total. The maximum atomic E-state index is 12.4. The maximum Gasteiger partial charge on any atom is 0.410 e. The van der Waals surface area contributed by atoms with Crippen molar-refractivity contribution in [3.05, 3.63) is 0 Å². The Morgan fingerprint density at radius 1 is 1.04 bits per heavy atom. The lowest BCUT2D eigenvalue weighted by Crippen LogP contribution is -2.65. The van der Waals surface area contributed by atoms with Gasteiger partial charge in [-0.15, -0.1) is 0 Å². The first-order valence-electron chi connectivity index (χ1n) is 10.0. The molecule has 1 spiro atoms. The molecule has 2 aliphatic rings. The molecule has 2 saturated heterocycles. The highest BCUT2D eigenvalue weighted by atomic mass is 28.3. The van der Waals surface area contributed by atoms with Crippen molar-refractivity contribution >= 4 is 20.3 Å². The quantitative estimate of drug-likeness (QED) is 0.738. The molecule has 0 bridgehead atoms. The van der Waals surface area contributed by atoms with Gasteiger partial charge in [-0.05, 0) is 39.7 Å². The number of carbonyl (C=O) groups is 2. The van der Waals surface area contributed by atoms with Gasteiger partial charge in [0, 0.05) is 46.3 Å². The summed E-state index contributed by atoms with van der Waals surface area (Å²) in [5, 5.41) is 3.59. The van der Waals surface area contributed by atoms with Crippen LogP contribution in [0.5, 0.6) is 0 Å². The summed E-state index contributed by atoms with van der Waals surface area (Å²) < 4.78 is 11.0. The van der Waals surface area contributed by atoms with E-state index in [9.17, 15) is 9.59 Å². The second-order valence-corrected chi connectivity index (χ2v) is 15.6. The minimum Gasteiger partial charge on any atom is -0.450 e. The van der Waals surface area contributed by atoms with Crippen molar-refractivity contribution in [2.24, 2.45) is 0 Å². The summed E-state index contributed by atoms with van der Waals surface area (Å²) >= 11 is 0. The molecule has 0 aromatic carbocycles. The van der Waals surface area contributed by atoms with Crippen LogP contribution >= 0.6 is 0 Å². The summed E-state index contributed by atoms with van der Waals surface area (Å²) in [7, 11) is -1.21. The molecule has 0 saturated carbocycles. The minimum atomic E-state index is -1.21. The topological polar surface area (TPSA) is 71.1 Å². The molecule has 0 atom stereocenters. The van der Waals surface area contributed by atoms with Crippen molar-refractivity contribution < 1.29 is 19.1 Å². The molecule has 2 amide bonds. The molecule has 2 rings (SSSR count). The van der Waals surface area contributed by atoms with Crippen molar-refractivity contribution in [3.8, 4) is 0 Å². The number of carbonyl (C=O) groups excluding carboxylic acids is 2. The summed E-state index contributed by atoms with van der Waals surface area (Å²) in [5.41, 5.74) is -0.611. The van der Waals surface area contributed by atoms with Crippen LogP contribution < -0.4 is 5.32 Å². The Morgan fingerprint density at radius 2 is 1.67 bits per heavy atom. The van der Waals surface area contributed by atoms with Gasteiger partial charge in [-0.25, -0.2) is 9.59 Å². The van der Waals surface area contributed by atoms with Crippen LogP contribution in [0.2, 0.25) is 25.7 Å². The highest BCUT2D eigenvalue weighted by Gasteiger charge is 2.41. The molecule has 1 N–H and O–H groups in total. The predicted octanol–water partition coefficient (Wildman–Crippen LogP) is 3.14. The van der Waals surface area contributed by atoms with Crippen molar-refractivity contribution in [1.29, 1.82) is 0 Å². The first-order chi connectivity index (χ1) is 12.4. The van der Waals surface area contributed by atoms with Gasteiger partial charge in [0.15, 0.2) is 0 Å². The first kappa shape index (κ1) is 22.0. The zero-order valence-electron chi connectivity index (χ0n) is 17.9. The molecule has 156 valence electrons. The zero-order valence-corrected chi connectivity index (χ0v) is 18.9. The average molecular weight is 400 g/mol. The standard InChI is InChI=1S/C19H37N3O4Si/c1-18(2,3)26-17(24)21-10-7-19(8-11-21)15-22(12-9-20-19)16(23)25-13-14-27(4,5)6/h20H,7-15H2,1-6H3. The summed E-state index contributed by atoms with van der Waals surface area (Å²) in [4.78, 5) is 28.3. The third-order valence-corrected chi connectivity index (χ3v) is 6.79. The van der Waals surface area contributed by atoms with E-state index < -0.39 is 13.7 Å². The van der Waals surface area contributed by atoms with Crippen molar-refractivity contribution in [3.63, 3.8) is 0 Å². The lowest BCUT2D eigenvalue weighted by molar-refractivity contribution is 0.00693. The SMILES string of the molecule is CC(C)(C)OC(=O)N1CCC2(CC1)CN(C(=O)OCC[Si](C)(C)C)CCN2. The van der Waals surface area contributed by atoms with Crippen LogP contribution in [0.15, 0.2) is 0 Å². The second kappa shape index (κ2) is 8.39. The van der Waals surface area contributed by atoms with Gasteiger partial charge in [-0.1, -0.05) is 19.6 Å². The molecule has 0 unspecified atom stereocenters. The molecule has 8 heteroatoms. The van der Waals surface area contributed by atoms with Crippen molar-refractivity contribution in [2.75, 3.05) is 39.3 Å². The highest BCUT2D eigenvalue weighted by molar-refractivity contribution is 6.76. The fraction of sp³-hybridized carbons (Fsp3) is 0.895. The van der Waals surface area contributed by atoms with Gasteiger partial charge < -0.3 is 24.6 Å². The number of hydrogen-bond donors (Lipinski definition) is 1. The Balaban J connectivity index is 1.83. The van der Waals surface area contributed by atoms with Gasteiger partial charge in [-0.2, -0.15) is 0 Å². The molecule has 2 fully saturated rings. The van der Waals surface area contributed by atoms with Gasteiger partial charge >= 0.3 is 12.2 Å². The fourth-order valence-electron chi connectivity index (χ4n) is 3.43. The third kappa shape index (κ3) is 6.99. The first-order valence-corrected chi connectivity index (χ1v) is 13.7. The summed E-state index contributed by atoms with van der Waals surface area (Å²) in [6, 6.07) is 0.987. The number of ether oxygens (including phenoxy) is 2. The molecule has 0 aliphatic carbocycles. The van der Waals surface area contributed by atoms with E-state index in [2.05, 4.69) is 25.0 Å². The number of rotatable bonds is 3. The van der Waals surface area contributed by atoms with E-state index in [4.69, 9.17) is 9.47 Å². The molecular formula is C19H37N3O4Si. The smallest absolute Gasteiger partial charge is 0.410 e. The molecule has 0 aromatic heterocycles. The lowest BCUT2D eigenvalue weighted by Gasteiger charge is -2.47. The van der Waals surface area contributed by atoms with Crippen LogP contribution in [0.1, 0.15) is 33.6 Å². The van der Waals surface area contributed by atoms with E-state index in [1.807, 2.05) is 25.7 Å². The van der Waals surface area contributed by atoms with E-state index in [1.165, 1.54) is 0 Å². The fourth-order valence-corrected chi connectivity index (χ4v) is 4.14. The number of hydrogen-bond acceptors (Lipinski definition) is 5. The van der Waals surface area contributed by atoms with E-state index in [0.29, 0.717) is 32.8 Å². The number of piperidine rings is 1. The normalized spacial score (nSPS) is 20.5. The maximum absolute atomic E-state index is 12.4. The third-order valence-electron chi connectivity index (χ3n) is 5.08. The highest BCUT2D eigenvalue weighted by Crippen LogP contribution is 2.27. The monoisotopic (exact) mass is 399 g/mol. The molecule has 0 radical (unpaired) electrons. The van der Waals surface area contributed by atoms with Crippen LogP contribution in [0.4, 0.5) is 9.59 Å². The Labute approximate surface area is 164 Å². The Hall–Kier alpha value is -1.28. The average Bonchev–Trinajstić information content (AvgIpc) is 2.52. The molecule has 0 aromatic rings. The second-order valence-electron chi connectivity index (χ2n) is 10.0. The number of amides is 2. The van der Waals surface area contributed by atoms with Gasteiger partial charge in [0.25, 0.3) is 0 Å². The Bertz CT molecular complexity index is 534. The van der Waals surface area contributed by atoms with Crippen molar-refractivity contribution in [2.45, 2.75) is 70.4 Å². The van der Waals surface area contributed by atoms with Crippen LogP contribution in [0, 0.1) is 0 Å². The summed E-state index contributed by atoms with van der Waals surface area (Å²) in [6.45, 7) is 16.3. The van der Waals surface area contributed by atoms with E-state index in [1.54, 1.807) is 4.90 Å². The summed E-state index contributed by atoms with van der Waals surface area (Å²) in [5.74, 6) is 0. The lowest BCUT2D eigenvalue weighted by atomic mass is 9.85. The molecule has 27 heavy (non-hydrogen) atoms.